The van der Waals surface area contributed by atoms with Gasteiger partial charge in [-0.2, -0.15) is 8.42 Å². The van der Waals surface area contributed by atoms with Crippen LogP contribution in [0, 0.1) is 6.92 Å². The van der Waals surface area contributed by atoms with Gasteiger partial charge in [0.1, 0.15) is 0 Å². The topological polar surface area (TPSA) is 83.3 Å². The lowest BCUT2D eigenvalue weighted by Gasteiger charge is -2.43. The molecule has 1 atom stereocenters. The number of hydrogen-bond donors (Lipinski definition) is 0. The molecule has 0 N–H and O–H groups in total. The Kier molecular flexibility index (Phi) is 9.20. The van der Waals surface area contributed by atoms with E-state index < -0.39 is 24.4 Å². The van der Waals surface area contributed by atoms with Crippen LogP contribution in [0.2, 0.25) is 5.04 Å². The summed E-state index contributed by atoms with van der Waals surface area (Å²) >= 11 is 0. The Bertz CT molecular complexity index is 1460. The van der Waals surface area contributed by atoms with Gasteiger partial charge in [0.2, 0.25) is 0 Å². The molecule has 0 fully saturated rings. The first-order valence-electron chi connectivity index (χ1n) is 13.3. The lowest BCUT2D eigenvalue weighted by Crippen LogP contribution is -2.67. The Hall–Kier alpha value is -3.37. The molecule has 0 saturated carbocycles. The van der Waals surface area contributed by atoms with Crippen molar-refractivity contribution >= 4 is 28.7 Å². The second kappa shape index (κ2) is 12.4. The molecule has 4 aromatic rings. The van der Waals surface area contributed by atoms with E-state index in [0.717, 1.165) is 20.0 Å². The van der Waals surface area contributed by atoms with Crippen LogP contribution in [-0.4, -0.2) is 50.5 Å². The van der Waals surface area contributed by atoms with Gasteiger partial charge >= 0.3 is 0 Å². The number of ether oxygens (including phenoxy) is 1. The first-order chi connectivity index (χ1) is 19.1. The molecule has 0 aliphatic rings. The maximum absolute atomic E-state index is 13.4. The monoisotopic (exact) mass is 575 g/mol. The lowest BCUT2D eigenvalue weighted by molar-refractivity contribution is 0.0332. The molecule has 0 bridgehead atoms. The van der Waals surface area contributed by atoms with E-state index in [1.807, 2.05) is 43.3 Å². The average molecular weight is 576 g/mol. The van der Waals surface area contributed by atoms with Crippen LogP contribution in [-0.2, 0) is 25.6 Å². The van der Waals surface area contributed by atoms with Gasteiger partial charge in [-0.15, -0.1) is 15.8 Å². The molecule has 0 radical (unpaired) electrons. The Morgan fingerprint density at radius 2 is 1.52 bits per heavy atom. The number of rotatable bonds is 12. The fourth-order valence-corrected chi connectivity index (χ4v) is 10.8. The normalized spacial score (nSPS) is 13.2. The fraction of sp³-hybridized carbons (Fsp3) is 0.290. The highest BCUT2D eigenvalue weighted by atomic mass is 32.2. The number of aryl methyl sites for hydroxylation is 1. The van der Waals surface area contributed by atoms with Crippen LogP contribution >= 0.6 is 0 Å². The van der Waals surface area contributed by atoms with Gasteiger partial charge in [0.05, 0.1) is 36.1 Å². The zero-order chi connectivity index (χ0) is 28.8. The van der Waals surface area contributed by atoms with E-state index in [0.29, 0.717) is 12.3 Å². The molecule has 1 heterocycles. The molecule has 40 heavy (non-hydrogen) atoms. The van der Waals surface area contributed by atoms with E-state index in [9.17, 15) is 8.42 Å². The van der Waals surface area contributed by atoms with Gasteiger partial charge < -0.3 is 9.16 Å². The van der Waals surface area contributed by atoms with E-state index >= 15 is 0 Å². The summed E-state index contributed by atoms with van der Waals surface area (Å²) < 4.78 is 41.1. The first-order valence-corrected chi connectivity index (χ1v) is 16.6. The molecule has 1 aromatic heterocycles. The van der Waals surface area contributed by atoms with Gasteiger partial charge in [0.25, 0.3) is 18.3 Å². The summed E-state index contributed by atoms with van der Waals surface area (Å²) in [7, 11) is -6.75. The largest absolute Gasteiger partial charge is 0.405 e. The van der Waals surface area contributed by atoms with E-state index in [4.69, 9.17) is 9.16 Å². The van der Waals surface area contributed by atoms with Crippen molar-refractivity contribution in [2.24, 2.45) is 0 Å². The molecule has 0 aliphatic carbocycles. The molecular weight excluding hydrogens is 539 g/mol. The zero-order valence-corrected chi connectivity index (χ0v) is 25.3. The Balaban J connectivity index is 1.69. The lowest BCUT2D eigenvalue weighted by atomic mass is 10.2. The molecule has 7 nitrogen and oxygen atoms in total. The van der Waals surface area contributed by atoms with Crippen LogP contribution < -0.4 is 10.4 Å². The predicted octanol–water partition coefficient (Wildman–Crippen LogP) is 4.51. The summed E-state index contributed by atoms with van der Waals surface area (Å²) in [5.74, 6) is 0. The van der Waals surface area contributed by atoms with Gasteiger partial charge in [-0.3, -0.25) is 0 Å². The van der Waals surface area contributed by atoms with Crippen LogP contribution in [0.4, 0.5) is 0 Å². The molecule has 9 heteroatoms. The van der Waals surface area contributed by atoms with Gasteiger partial charge in [0.15, 0.2) is 0 Å². The highest BCUT2D eigenvalue weighted by Crippen LogP contribution is 2.37. The van der Waals surface area contributed by atoms with Crippen molar-refractivity contribution in [2.75, 3.05) is 13.2 Å². The van der Waals surface area contributed by atoms with Gasteiger partial charge in [-0.25, -0.2) is 0 Å². The van der Waals surface area contributed by atoms with Crippen molar-refractivity contribution < 1.29 is 17.6 Å². The second-order valence-electron chi connectivity index (χ2n) is 10.8. The molecule has 0 saturated heterocycles. The van der Waals surface area contributed by atoms with Crippen molar-refractivity contribution in [1.29, 1.82) is 0 Å². The summed E-state index contributed by atoms with van der Waals surface area (Å²) in [6.07, 6.45) is 2.92. The number of nitrogens with zero attached hydrogens (tertiary/aromatic N) is 3. The van der Waals surface area contributed by atoms with Crippen LogP contribution in [0.3, 0.4) is 0 Å². The molecule has 0 unspecified atom stereocenters. The first kappa shape index (κ1) is 29.6. The maximum Gasteiger partial charge on any atom is 0.284 e. The average Bonchev–Trinajstić information content (AvgIpc) is 3.42. The minimum absolute atomic E-state index is 0.150. The summed E-state index contributed by atoms with van der Waals surface area (Å²) in [6, 6.07) is 27.4. The van der Waals surface area contributed by atoms with E-state index in [-0.39, 0.29) is 23.0 Å². The summed E-state index contributed by atoms with van der Waals surface area (Å²) in [5, 5.41) is 9.97. The molecule has 0 spiro atoms. The maximum atomic E-state index is 13.4. The zero-order valence-electron chi connectivity index (χ0n) is 23.5. The van der Waals surface area contributed by atoms with E-state index in [1.165, 1.54) is 6.20 Å². The van der Waals surface area contributed by atoms with Crippen LogP contribution in [0.15, 0.2) is 109 Å². The molecule has 0 amide bonds. The minimum Gasteiger partial charge on any atom is -0.405 e. The van der Waals surface area contributed by atoms with Crippen molar-refractivity contribution in [3.8, 4) is 0 Å². The minimum atomic E-state index is -3.93. The fourth-order valence-electron chi connectivity index (χ4n) is 4.97. The summed E-state index contributed by atoms with van der Waals surface area (Å²) in [6.45, 7) is 12.9. The Morgan fingerprint density at radius 1 is 0.950 bits per heavy atom. The highest BCUT2D eigenvalue weighted by Gasteiger charge is 2.50. The molecule has 0 aliphatic heterocycles. The Morgan fingerprint density at radius 3 is 2.05 bits per heavy atom. The van der Waals surface area contributed by atoms with Crippen LogP contribution in [0.5, 0.6) is 0 Å². The third kappa shape index (κ3) is 6.18. The highest BCUT2D eigenvalue weighted by molar-refractivity contribution is 7.89. The molecule has 3 aromatic carbocycles. The summed E-state index contributed by atoms with van der Waals surface area (Å²) in [5.41, 5.74) is 1.39. The molecular formula is C31H37N3O4SSi. The third-order valence-corrected chi connectivity index (χ3v) is 13.6. The molecule has 210 valence electrons. The SMILES string of the molecule is C=CCO[C@@H](CO[Si](c1ccccc1)(c1ccccc1)C(C)(C)C)Cc1cnnn1S(=O)(=O)c1ccc(C)cc1. The van der Waals surface area contributed by atoms with Crippen LogP contribution in [0.25, 0.3) is 0 Å². The number of benzene rings is 3. The predicted molar refractivity (Wildman–Crippen MR) is 161 cm³/mol. The van der Waals surface area contributed by atoms with Crippen LogP contribution in [0.1, 0.15) is 32.0 Å². The van der Waals surface area contributed by atoms with E-state index in [2.05, 4.69) is 61.9 Å². The molecule has 4 rings (SSSR count). The van der Waals surface area contributed by atoms with Crippen molar-refractivity contribution in [2.45, 2.75) is 50.2 Å². The van der Waals surface area contributed by atoms with Crippen molar-refractivity contribution in [3.05, 3.63) is 115 Å². The standard InChI is InChI=1S/C31H37N3O4SSi/c1-6-21-37-27(22-26-23-32-33-34(26)39(35,36)28-19-17-25(2)18-20-28)24-38-40(31(3,4)5,29-13-9-7-10-14-29)30-15-11-8-12-16-30/h6-20,23,27H,1,21-22,24H2,2-5H3/t27-/m1/s1. The van der Waals surface area contributed by atoms with Gasteiger partial charge in [0, 0.05) is 6.42 Å². The number of hydrogen-bond acceptors (Lipinski definition) is 6. The van der Waals surface area contributed by atoms with Gasteiger partial charge in [-0.05, 0) is 34.5 Å². The van der Waals surface area contributed by atoms with Crippen molar-refractivity contribution in [1.82, 2.24) is 14.4 Å². The summed E-state index contributed by atoms with van der Waals surface area (Å²) in [4.78, 5) is 0.150. The van der Waals surface area contributed by atoms with Gasteiger partial charge in [-0.1, -0.05) is 110 Å². The second-order valence-corrected chi connectivity index (χ2v) is 16.9. The Labute approximate surface area is 238 Å². The third-order valence-electron chi connectivity index (χ3n) is 6.92. The van der Waals surface area contributed by atoms with Crippen molar-refractivity contribution in [3.63, 3.8) is 0 Å². The van der Waals surface area contributed by atoms with E-state index in [1.54, 1.807) is 30.3 Å². The quantitative estimate of drug-likeness (QED) is 0.183. The number of aromatic nitrogens is 3. The smallest absolute Gasteiger partial charge is 0.284 e.